The number of ketones is 1. The van der Waals surface area contributed by atoms with Crippen molar-refractivity contribution in [2.24, 2.45) is 0 Å². The lowest BCUT2D eigenvalue weighted by Gasteiger charge is -2.12. The smallest absolute Gasteiger partial charge is 0.266 e. The van der Waals surface area contributed by atoms with E-state index in [1.165, 1.54) is 29.1 Å². The van der Waals surface area contributed by atoms with E-state index in [2.05, 4.69) is 0 Å². The minimum atomic E-state index is -0.109. The standard InChI is InChI=1S/C15H15NO2S2/c1-10-3-5-12(6-4-10)9-13-14(18)16(15(19)20-13)8-7-11(2)17/h3-6,9H,7-8H2,1-2H3/b13-9-. The van der Waals surface area contributed by atoms with E-state index in [9.17, 15) is 9.59 Å². The predicted octanol–water partition coefficient (Wildman–Crippen LogP) is 3.18. The van der Waals surface area contributed by atoms with Crippen molar-refractivity contribution in [1.82, 2.24) is 4.90 Å². The number of rotatable bonds is 4. The molecule has 1 heterocycles. The van der Waals surface area contributed by atoms with Crippen LogP contribution in [-0.4, -0.2) is 27.5 Å². The van der Waals surface area contributed by atoms with Crippen molar-refractivity contribution in [2.45, 2.75) is 20.3 Å². The minimum Gasteiger partial charge on any atom is -0.300 e. The Morgan fingerprint density at radius 2 is 2.00 bits per heavy atom. The fraction of sp³-hybridized carbons (Fsp3) is 0.267. The van der Waals surface area contributed by atoms with Gasteiger partial charge in [-0.1, -0.05) is 53.8 Å². The molecule has 5 heteroatoms. The lowest BCUT2D eigenvalue weighted by molar-refractivity contribution is -0.122. The summed E-state index contributed by atoms with van der Waals surface area (Å²) in [6.45, 7) is 3.90. The summed E-state index contributed by atoms with van der Waals surface area (Å²) in [4.78, 5) is 25.4. The first-order valence-corrected chi connectivity index (χ1v) is 7.51. The molecule has 0 unspecified atom stereocenters. The number of hydrogen-bond donors (Lipinski definition) is 0. The maximum absolute atomic E-state index is 12.2. The number of nitrogens with zero attached hydrogens (tertiary/aromatic N) is 1. The van der Waals surface area contributed by atoms with Crippen LogP contribution in [0.15, 0.2) is 29.2 Å². The molecule has 1 fully saturated rings. The van der Waals surface area contributed by atoms with Gasteiger partial charge >= 0.3 is 0 Å². The van der Waals surface area contributed by atoms with Gasteiger partial charge in [0.2, 0.25) is 0 Å². The van der Waals surface area contributed by atoms with Crippen LogP contribution in [0.3, 0.4) is 0 Å². The minimum absolute atomic E-state index is 0.0570. The number of amides is 1. The zero-order valence-electron chi connectivity index (χ0n) is 11.4. The Bertz CT molecular complexity index is 590. The molecule has 1 aliphatic heterocycles. The monoisotopic (exact) mass is 305 g/mol. The summed E-state index contributed by atoms with van der Waals surface area (Å²) >= 11 is 6.49. The highest BCUT2D eigenvalue weighted by Crippen LogP contribution is 2.32. The Labute approximate surface area is 128 Å². The molecule has 1 aromatic rings. The molecule has 2 rings (SSSR count). The topological polar surface area (TPSA) is 37.4 Å². The summed E-state index contributed by atoms with van der Waals surface area (Å²) in [7, 11) is 0. The van der Waals surface area contributed by atoms with Crippen LogP contribution in [0.25, 0.3) is 6.08 Å². The zero-order chi connectivity index (χ0) is 14.7. The Hall–Kier alpha value is -1.46. The highest BCUT2D eigenvalue weighted by molar-refractivity contribution is 8.26. The van der Waals surface area contributed by atoms with Gasteiger partial charge in [0.15, 0.2) is 0 Å². The molecule has 0 aliphatic carbocycles. The van der Waals surface area contributed by atoms with Gasteiger partial charge in [0.25, 0.3) is 5.91 Å². The largest absolute Gasteiger partial charge is 0.300 e. The molecular formula is C15H15NO2S2. The van der Waals surface area contributed by atoms with Crippen molar-refractivity contribution in [1.29, 1.82) is 0 Å². The molecule has 0 bridgehead atoms. The van der Waals surface area contributed by atoms with Crippen LogP contribution in [0.5, 0.6) is 0 Å². The number of aryl methyl sites for hydroxylation is 1. The van der Waals surface area contributed by atoms with Gasteiger partial charge in [-0.2, -0.15) is 0 Å². The van der Waals surface area contributed by atoms with E-state index in [0.29, 0.717) is 22.2 Å². The normalized spacial score (nSPS) is 17.1. The van der Waals surface area contributed by atoms with E-state index in [-0.39, 0.29) is 11.7 Å². The van der Waals surface area contributed by atoms with Crippen LogP contribution >= 0.6 is 24.0 Å². The molecule has 0 spiro atoms. The van der Waals surface area contributed by atoms with Gasteiger partial charge in [0, 0.05) is 13.0 Å². The van der Waals surface area contributed by atoms with Gasteiger partial charge in [-0.05, 0) is 25.5 Å². The van der Waals surface area contributed by atoms with Crippen LogP contribution in [0.1, 0.15) is 24.5 Å². The number of thioether (sulfide) groups is 1. The average Bonchev–Trinajstić information content (AvgIpc) is 2.65. The predicted molar refractivity (Wildman–Crippen MR) is 86.4 cm³/mol. The lowest BCUT2D eigenvalue weighted by Crippen LogP contribution is -2.30. The number of hydrogen-bond acceptors (Lipinski definition) is 4. The Morgan fingerprint density at radius 1 is 1.35 bits per heavy atom. The van der Waals surface area contributed by atoms with Gasteiger partial charge in [0.1, 0.15) is 10.1 Å². The fourth-order valence-corrected chi connectivity index (χ4v) is 3.08. The molecular weight excluding hydrogens is 290 g/mol. The molecule has 104 valence electrons. The molecule has 1 saturated heterocycles. The highest BCUT2D eigenvalue weighted by Gasteiger charge is 2.31. The van der Waals surface area contributed by atoms with Crippen molar-refractivity contribution in [2.75, 3.05) is 6.54 Å². The molecule has 20 heavy (non-hydrogen) atoms. The zero-order valence-corrected chi connectivity index (χ0v) is 13.0. The van der Waals surface area contributed by atoms with Crippen LogP contribution < -0.4 is 0 Å². The maximum atomic E-state index is 12.2. The summed E-state index contributed by atoms with van der Waals surface area (Å²) in [5, 5.41) is 0. The molecule has 1 amide bonds. The second-order valence-corrected chi connectivity index (χ2v) is 6.37. The van der Waals surface area contributed by atoms with Crippen LogP contribution in [0.4, 0.5) is 0 Å². The van der Waals surface area contributed by atoms with E-state index in [1.807, 2.05) is 37.3 Å². The molecule has 0 saturated carbocycles. The summed E-state index contributed by atoms with van der Waals surface area (Å²) in [5.41, 5.74) is 2.15. The fourth-order valence-electron chi connectivity index (χ4n) is 1.78. The number of benzene rings is 1. The Kier molecular flexibility index (Phi) is 4.73. The molecule has 0 radical (unpaired) electrons. The van der Waals surface area contributed by atoms with Crippen molar-refractivity contribution in [3.05, 3.63) is 40.3 Å². The second-order valence-electron chi connectivity index (χ2n) is 4.70. The van der Waals surface area contributed by atoms with Gasteiger partial charge in [-0.15, -0.1) is 0 Å². The van der Waals surface area contributed by atoms with E-state index >= 15 is 0 Å². The first kappa shape index (κ1) is 14.9. The Balaban J connectivity index is 2.14. The van der Waals surface area contributed by atoms with Gasteiger partial charge in [-0.25, -0.2) is 0 Å². The summed E-state index contributed by atoms with van der Waals surface area (Å²) in [6, 6.07) is 7.94. The molecule has 3 nitrogen and oxygen atoms in total. The Morgan fingerprint density at radius 3 is 2.60 bits per heavy atom. The van der Waals surface area contributed by atoms with Crippen molar-refractivity contribution < 1.29 is 9.59 Å². The summed E-state index contributed by atoms with van der Waals surface area (Å²) in [6.07, 6.45) is 2.18. The van der Waals surface area contributed by atoms with E-state index in [1.54, 1.807) is 0 Å². The average molecular weight is 305 g/mol. The van der Waals surface area contributed by atoms with E-state index < -0.39 is 0 Å². The van der Waals surface area contributed by atoms with E-state index in [4.69, 9.17) is 12.2 Å². The van der Waals surface area contributed by atoms with E-state index in [0.717, 1.165) is 5.56 Å². The highest BCUT2D eigenvalue weighted by atomic mass is 32.2. The number of carbonyl (C=O) groups excluding carboxylic acids is 2. The van der Waals surface area contributed by atoms with Crippen molar-refractivity contribution in [3.8, 4) is 0 Å². The number of Topliss-reactive ketones (excluding diaryl/α,β-unsaturated/α-hetero) is 1. The molecule has 0 atom stereocenters. The third kappa shape index (κ3) is 3.55. The summed E-state index contributed by atoms with van der Waals surface area (Å²) < 4.78 is 0.523. The first-order chi connectivity index (χ1) is 9.47. The van der Waals surface area contributed by atoms with Crippen molar-refractivity contribution >= 4 is 46.1 Å². The molecule has 0 aromatic heterocycles. The van der Waals surface area contributed by atoms with Gasteiger partial charge < -0.3 is 0 Å². The maximum Gasteiger partial charge on any atom is 0.266 e. The van der Waals surface area contributed by atoms with Crippen LogP contribution in [-0.2, 0) is 9.59 Å². The molecule has 0 N–H and O–H groups in total. The van der Waals surface area contributed by atoms with Crippen LogP contribution in [0.2, 0.25) is 0 Å². The SMILES string of the molecule is CC(=O)CCN1C(=O)/C(=C/c2ccc(C)cc2)SC1=S. The second kappa shape index (κ2) is 6.33. The molecule has 1 aliphatic rings. The van der Waals surface area contributed by atoms with Gasteiger partial charge in [-0.3, -0.25) is 14.5 Å². The summed E-state index contributed by atoms with van der Waals surface area (Å²) in [5.74, 6) is -0.0524. The third-order valence-corrected chi connectivity index (χ3v) is 4.31. The van der Waals surface area contributed by atoms with Crippen molar-refractivity contribution in [3.63, 3.8) is 0 Å². The van der Waals surface area contributed by atoms with Gasteiger partial charge in [0.05, 0.1) is 4.91 Å². The first-order valence-electron chi connectivity index (χ1n) is 6.29. The van der Waals surface area contributed by atoms with Crippen LogP contribution in [0, 0.1) is 6.92 Å². The molecule has 1 aromatic carbocycles. The quantitative estimate of drug-likeness (QED) is 0.632. The number of thiocarbonyl (C=S) groups is 1. The third-order valence-electron chi connectivity index (χ3n) is 2.94. The lowest BCUT2D eigenvalue weighted by atomic mass is 10.1. The number of carbonyl (C=O) groups is 2.